The minimum atomic E-state index is -0.882. The molecule has 0 aliphatic heterocycles. The normalized spacial score (nSPS) is 17.1. The van der Waals surface area contributed by atoms with Gasteiger partial charge in [0.1, 0.15) is 11.3 Å². The van der Waals surface area contributed by atoms with Gasteiger partial charge in [0.25, 0.3) is 0 Å². The lowest BCUT2D eigenvalue weighted by Gasteiger charge is -2.33. The summed E-state index contributed by atoms with van der Waals surface area (Å²) in [5.74, 6) is 0.307. The maximum Gasteiger partial charge on any atom is 0.331 e. The lowest BCUT2D eigenvalue weighted by Crippen LogP contribution is -2.55. The van der Waals surface area contributed by atoms with Crippen molar-refractivity contribution in [3.8, 4) is 5.75 Å². The Bertz CT molecular complexity index is 604. The van der Waals surface area contributed by atoms with Crippen molar-refractivity contribution in [3.05, 3.63) is 29.3 Å². The molecule has 0 aromatic heterocycles. The molecule has 0 heterocycles. The van der Waals surface area contributed by atoms with Crippen molar-refractivity contribution >= 4 is 11.9 Å². The molecule has 1 aliphatic carbocycles. The summed E-state index contributed by atoms with van der Waals surface area (Å²) >= 11 is 0. The third-order valence-corrected chi connectivity index (χ3v) is 5.06. The molecular formula is C20H29NO4. The van der Waals surface area contributed by atoms with Crippen molar-refractivity contribution in [2.45, 2.75) is 63.8 Å². The number of esters is 1. The molecule has 0 atom stereocenters. The zero-order valence-electron chi connectivity index (χ0n) is 15.5. The topological polar surface area (TPSA) is 64.6 Å². The maximum atomic E-state index is 12.7. The number of ether oxygens (including phenoxy) is 2. The summed E-state index contributed by atoms with van der Waals surface area (Å²) in [6.45, 7) is 1.96. The first kappa shape index (κ1) is 19.3. The smallest absolute Gasteiger partial charge is 0.331 e. The van der Waals surface area contributed by atoms with Gasteiger partial charge in [0.05, 0.1) is 20.6 Å². The van der Waals surface area contributed by atoms with E-state index >= 15 is 0 Å². The second kappa shape index (κ2) is 8.88. The van der Waals surface area contributed by atoms with Gasteiger partial charge in [-0.3, -0.25) is 4.79 Å². The molecule has 0 bridgehead atoms. The van der Waals surface area contributed by atoms with Gasteiger partial charge in [-0.2, -0.15) is 0 Å². The van der Waals surface area contributed by atoms with Gasteiger partial charge in [-0.1, -0.05) is 38.2 Å². The standard InChI is InChI=1S/C20H29NO4/c1-15-13-17(24-2)10-9-16(15)14-18(22)21-20(19(23)25-3)11-7-5-4-6-8-12-20/h9-10,13H,4-8,11-12,14H2,1-3H3,(H,21,22). The highest BCUT2D eigenvalue weighted by molar-refractivity contribution is 5.89. The number of benzene rings is 1. The Morgan fingerprint density at radius 2 is 1.72 bits per heavy atom. The average Bonchev–Trinajstić information content (AvgIpc) is 2.58. The molecule has 1 aromatic carbocycles. The molecule has 5 heteroatoms. The summed E-state index contributed by atoms with van der Waals surface area (Å²) in [4.78, 5) is 25.1. The summed E-state index contributed by atoms with van der Waals surface area (Å²) < 4.78 is 10.2. The van der Waals surface area contributed by atoms with Crippen LogP contribution in [-0.2, 0) is 20.7 Å². The Hall–Kier alpha value is -2.04. The second-order valence-corrected chi connectivity index (χ2v) is 6.86. The summed E-state index contributed by atoms with van der Waals surface area (Å²) in [6, 6.07) is 5.66. The fourth-order valence-corrected chi connectivity index (χ4v) is 3.56. The first-order valence-corrected chi connectivity index (χ1v) is 9.04. The van der Waals surface area contributed by atoms with Crippen molar-refractivity contribution in [2.24, 2.45) is 0 Å². The van der Waals surface area contributed by atoms with Gasteiger partial charge in [-0.15, -0.1) is 0 Å². The van der Waals surface area contributed by atoms with E-state index in [2.05, 4.69) is 5.32 Å². The molecule has 0 spiro atoms. The Balaban J connectivity index is 2.12. The van der Waals surface area contributed by atoms with Gasteiger partial charge < -0.3 is 14.8 Å². The molecule has 1 fully saturated rings. The van der Waals surface area contributed by atoms with Crippen LogP contribution in [0.1, 0.15) is 56.1 Å². The van der Waals surface area contributed by atoms with Gasteiger partial charge in [0.15, 0.2) is 0 Å². The molecule has 1 aromatic rings. The fourth-order valence-electron chi connectivity index (χ4n) is 3.56. The highest BCUT2D eigenvalue weighted by Gasteiger charge is 2.40. The summed E-state index contributed by atoms with van der Waals surface area (Å²) in [6.07, 6.45) is 6.76. The quantitative estimate of drug-likeness (QED) is 0.830. The van der Waals surface area contributed by atoms with Crippen LogP contribution in [-0.4, -0.2) is 31.6 Å². The van der Waals surface area contributed by atoms with Crippen LogP contribution in [0.25, 0.3) is 0 Å². The monoisotopic (exact) mass is 347 g/mol. The van der Waals surface area contributed by atoms with Crippen molar-refractivity contribution < 1.29 is 19.1 Å². The number of rotatable bonds is 5. The number of methoxy groups -OCH3 is 2. The van der Waals surface area contributed by atoms with Gasteiger partial charge >= 0.3 is 5.97 Å². The molecular weight excluding hydrogens is 318 g/mol. The molecule has 0 saturated heterocycles. The maximum absolute atomic E-state index is 12.7. The number of nitrogens with one attached hydrogen (secondary N) is 1. The van der Waals surface area contributed by atoms with E-state index in [1.165, 1.54) is 13.5 Å². The molecule has 1 N–H and O–H groups in total. The fraction of sp³-hybridized carbons (Fsp3) is 0.600. The summed E-state index contributed by atoms with van der Waals surface area (Å²) in [5, 5.41) is 3.01. The van der Waals surface area contributed by atoms with Crippen LogP contribution < -0.4 is 10.1 Å². The molecule has 0 radical (unpaired) electrons. The Morgan fingerprint density at radius 3 is 2.28 bits per heavy atom. The Labute approximate surface area is 150 Å². The predicted octanol–water partition coefficient (Wildman–Crippen LogP) is 3.32. The zero-order chi connectivity index (χ0) is 18.3. The van der Waals surface area contributed by atoms with E-state index in [4.69, 9.17) is 9.47 Å². The van der Waals surface area contributed by atoms with Crippen LogP contribution in [0.15, 0.2) is 18.2 Å². The van der Waals surface area contributed by atoms with Gasteiger partial charge in [-0.25, -0.2) is 4.79 Å². The third kappa shape index (κ3) is 4.97. The molecule has 1 aliphatic rings. The van der Waals surface area contributed by atoms with Crippen LogP contribution >= 0.6 is 0 Å². The molecule has 0 unspecified atom stereocenters. The van der Waals surface area contributed by atoms with E-state index < -0.39 is 5.54 Å². The third-order valence-electron chi connectivity index (χ3n) is 5.06. The molecule has 5 nitrogen and oxygen atoms in total. The SMILES string of the molecule is COC(=O)C1(NC(=O)Cc2ccc(OC)cc2C)CCCCCCC1. The number of carbonyl (C=O) groups excluding carboxylic acids is 2. The first-order valence-electron chi connectivity index (χ1n) is 9.04. The van der Waals surface area contributed by atoms with Crippen molar-refractivity contribution in [3.63, 3.8) is 0 Å². The molecule has 1 saturated carbocycles. The van der Waals surface area contributed by atoms with Gasteiger partial charge in [0, 0.05) is 0 Å². The molecule has 2 rings (SSSR count). The van der Waals surface area contributed by atoms with Crippen molar-refractivity contribution in [1.29, 1.82) is 0 Å². The van der Waals surface area contributed by atoms with Crippen LogP contribution in [0.5, 0.6) is 5.75 Å². The highest BCUT2D eigenvalue weighted by atomic mass is 16.5. The lowest BCUT2D eigenvalue weighted by molar-refractivity contribution is -0.152. The van der Waals surface area contributed by atoms with Crippen molar-refractivity contribution in [1.82, 2.24) is 5.32 Å². The minimum Gasteiger partial charge on any atom is -0.497 e. The van der Waals surface area contributed by atoms with Crippen LogP contribution in [0.4, 0.5) is 0 Å². The van der Waals surface area contributed by atoms with E-state index in [1.54, 1.807) is 7.11 Å². The van der Waals surface area contributed by atoms with E-state index in [9.17, 15) is 9.59 Å². The van der Waals surface area contributed by atoms with Gasteiger partial charge in [-0.05, 0) is 43.0 Å². The molecule has 138 valence electrons. The number of hydrogen-bond acceptors (Lipinski definition) is 4. The molecule has 1 amide bonds. The number of aryl methyl sites for hydroxylation is 1. The first-order chi connectivity index (χ1) is 12.0. The summed E-state index contributed by atoms with van der Waals surface area (Å²) in [5.41, 5.74) is 1.05. The van der Waals surface area contributed by atoms with E-state index in [0.717, 1.165) is 42.6 Å². The van der Waals surface area contributed by atoms with E-state index in [1.807, 2.05) is 25.1 Å². The zero-order valence-corrected chi connectivity index (χ0v) is 15.5. The Morgan fingerprint density at radius 1 is 1.08 bits per heavy atom. The predicted molar refractivity (Wildman–Crippen MR) is 96.6 cm³/mol. The van der Waals surface area contributed by atoms with Crippen molar-refractivity contribution in [2.75, 3.05) is 14.2 Å². The van der Waals surface area contributed by atoms with Crippen LogP contribution in [0.3, 0.4) is 0 Å². The Kier molecular flexibility index (Phi) is 6.85. The second-order valence-electron chi connectivity index (χ2n) is 6.86. The number of carbonyl (C=O) groups is 2. The lowest BCUT2D eigenvalue weighted by atomic mass is 9.83. The van der Waals surface area contributed by atoms with E-state index in [-0.39, 0.29) is 18.3 Å². The van der Waals surface area contributed by atoms with Gasteiger partial charge in [0.2, 0.25) is 5.91 Å². The van der Waals surface area contributed by atoms with E-state index in [0.29, 0.717) is 12.8 Å². The molecule has 25 heavy (non-hydrogen) atoms. The number of hydrogen-bond donors (Lipinski definition) is 1. The van der Waals surface area contributed by atoms with Crippen LogP contribution in [0.2, 0.25) is 0 Å². The minimum absolute atomic E-state index is 0.140. The largest absolute Gasteiger partial charge is 0.497 e. The number of amides is 1. The summed E-state index contributed by atoms with van der Waals surface area (Å²) in [7, 11) is 3.01. The highest BCUT2D eigenvalue weighted by Crippen LogP contribution is 2.28. The van der Waals surface area contributed by atoms with Crippen LogP contribution in [0, 0.1) is 6.92 Å². The average molecular weight is 347 g/mol.